The molecule has 3 rings (SSSR count). The Morgan fingerprint density at radius 3 is 2.43 bits per heavy atom. The Hall–Kier alpha value is -0.0400. The van der Waals surface area contributed by atoms with Crippen molar-refractivity contribution in [3.05, 3.63) is 0 Å². The molecule has 0 unspecified atom stereocenters. The molecule has 3 saturated carbocycles. The molecule has 4 atom stereocenters. The summed E-state index contributed by atoms with van der Waals surface area (Å²) in [6.07, 6.45) is 10.5. The summed E-state index contributed by atoms with van der Waals surface area (Å²) in [6.45, 7) is 2.43. The summed E-state index contributed by atoms with van der Waals surface area (Å²) in [6, 6.07) is 1.68. The molecule has 1 heteroatoms. The minimum atomic E-state index is 0.801. The average Bonchev–Trinajstić information content (AvgIpc) is 2.71. The van der Waals surface area contributed by atoms with Crippen LogP contribution in [0, 0.1) is 17.8 Å². The van der Waals surface area contributed by atoms with E-state index in [4.69, 9.17) is 0 Å². The highest BCUT2D eigenvalue weighted by molar-refractivity contribution is 4.95. The van der Waals surface area contributed by atoms with Crippen LogP contribution in [0.1, 0.15) is 51.9 Å². The van der Waals surface area contributed by atoms with Gasteiger partial charge in [0, 0.05) is 12.1 Å². The van der Waals surface area contributed by atoms with Gasteiger partial charge < -0.3 is 5.32 Å². The van der Waals surface area contributed by atoms with Crippen molar-refractivity contribution < 1.29 is 0 Å². The van der Waals surface area contributed by atoms with Gasteiger partial charge in [-0.1, -0.05) is 12.8 Å². The fourth-order valence-corrected chi connectivity index (χ4v) is 3.98. The highest BCUT2D eigenvalue weighted by Gasteiger charge is 2.42. The zero-order valence-corrected chi connectivity index (χ0v) is 9.34. The largest absolute Gasteiger partial charge is 0.311 e. The Morgan fingerprint density at radius 1 is 1.07 bits per heavy atom. The van der Waals surface area contributed by atoms with Crippen LogP contribution in [-0.4, -0.2) is 12.1 Å². The van der Waals surface area contributed by atoms with Gasteiger partial charge in [0.15, 0.2) is 0 Å². The first-order chi connectivity index (χ1) is 6.83. The van der Waals surface area contributed by atoms with Crippen LogP contribution in [-0.2, 0) is 0 Å². The van der Waals surface area contributed by atoms with Gasteiger partial charge in [-0.25, -0.2) is 0 Å². The number of nitrogens with one attached hydrogen (secondary N) is 1. The molecular weight excluding hydrogens is 170 g/mol. The van der Waals surface area contributed by atoms with Crippen LogP contribution in [0.15, 0.2) is 0 Å². The predicted molar refractivity (Wildman–Crippen MR) is 59.2 cm³/mol. The van der Waals surface area contributed by atoms with Crippen LogP contribution in [0.3, 0.4) is 0 Å². The zero-order valence-electron chi connectivity index (χ0n) is 9.34. The van der Waals surface area contributed by atoms with E-state index in [-0.39, 0.29) is 0 Å². The van der Waals surface area contributed by atoms with E-state index in [1.54, 1.807) is 6.42 Å². The van der Waals surface area contributed by atoms with Gasteiger partial charge in [-0.15, -0.1) is 0 Å². The van der Waals surface area contributed by atoms with Crippen LogP contribution in [0.4, 0.5) is 0 Å². The van der Waals surface area contributed by atoms with Gasteiger partial charge in [-0.2, -0.15) is 0 Å². The van der Waals surface area contributed by atoms with E-state index in [1.165, 1.54) is 38.5 Å². The summed E-state index contributed by atoms with van der Waals surface area (Å²) in [5.41, 5.74) is 0. The van der Waals surface area contributed by atoms with Crippen molar-refractivity contribution in [1.82, 2.24) is 5.32 Å². The second kappa shape index (κ2) is 3.52. The summed E-state index contributed by atoms with van der Waals surface area (Å²) in [4.78, 5) is 0. The van der Waals surface area contributed by atoms with E-state index >= 15 is 0 Å². The molecule has 80 valence electrons. The molecule has 0 spiro atoms. The van der Waals surface area contributed by atoms with E-state index in [9.17, 15) is 0 Å². The molecular formula is C13H23N. The standard InChI is InChI=1S/C13H23N/c1-9(14-12-3-2-4-12)13-8-10-5-6-11(13)7-10/h9-14H,2-8H2,1H3/t9-,10-,11-,13-/m1/s1. The number of hydrogen-bond acceptors (Lipinski definition) is 1. The average molecular weight is 193 g/mol. The van der Waals surface area contributed by atoms with E-state index in [0.29, 0.717) is 0 Å². The Balaban J connectivity index is 1.54. The summed E-state index contributed by atoms with van der Waals surface area (Å²) >= 11 is 0. The zero-order chi connectivity index (χ0) is 9.54. The van der Waals surface area contributed by atoms with Crippen molar-refractivity contribution in [2.75, 3.05) is 0 Å². The monoisotopic (exact) mass is 193 g/mol. The SMILES string of the molecule is C[C@@H](NC1CCC1)[C@H]1C[C@@H]2CC[C@@H]1C2. The third kappa shape index (κ3) is 1.50. The van der Waals surface area contributed by atoms with Crippen LogP contribution in [0.2, 0.25) is 0 Å². The van der Waals surface area contributed by atoms with Crippen LogP contribution in [0.5, 0.6) is 0 Å². The van der Waals surface area contributed by atoms with Crippen molar-refractivity contribution in [2.24, 2.45) is 17.8 Å². The molecule has 14 heavy (non-hydrogen) atoms. The molecule has 0 aliphatic heterocycles. The Morgan fingerprint density at radius 2 is 1.93 bits per heavy atom. The fourth-order valence-electron chi connectivity index (χ4n) is 3.98. The quantitative estimate of drug-likeness (QED) is 0.726. The normalized spacial score (nSPS) is 43.9. The number of fused-ring (bicyclic) bond motifs is 2. The Kier molecular flexibility index (Phi) is 2.31. The molecule has 0 aromatic heterocycles. The molecule has 0 saturated heterocycles. The molecule has 0 heterocycles. The third-order valence-corrected chi connectivity index (χ3v) is 5.04. The first-order valence-electron chi connectivity index (χ1n) is 6.59. The highest BCUT2D eigenvalue weighted by Crippen LogP contribution is 2.49. The number of hydrogen-bond donors (Lipinski definition) is 1. The summed E-state index contributed by atoms with van der Waals surface area (Å²) in [5.74, 6) is 3.22. The summed E-state index contributed by atoms with van der Waals surface area (Å²) in [5, 5.41) is 3.84. The topological polar surface area (TPSA) is 12.0 Å². The molecule has 1 N–H and O–H groups in total. The molecule has 3 aliphatic rings. The lowest BCUT2D eigenvalue weighted by molar-refractivity contribution is 0.214. The van der Waals surface area contributed by atoms with E-state index in [2.05, 4.69) is 12.2 Å². The lowest BCUT2D eigenvalue weighted by Crippen LogP contribution is -2.45. The van der Waals surface area contributed by atoms with Crippen LogP contribution < -0.4 is 5.32 Å². The lowest BCUT2D eigenvalue weighted by atomic mass is 9.82. The fraction of sp³-hybridized carbons (Fsp3) is 1.00. The second-order valence-corrected chi connectivity index (χ2v) is 5.92. The Labute approximate surface area is 87.7 Å². The van der Waals surface area contributed by atoms with E-state index in [1.807, 2.05) is 0 Å². The first-order valence-corrected chi connectivity index (χ1v) is 6.59. The van der Waals surface area contributed by atoms with Gasteiger partial charge in [-0.3, -0.25) is 0 Å². The minimum absolute atomic E-state index is 0.801. The highest BCUT2D eigenvalue weighted by atomic mass is 15.0. The molecule has 2 bridgehead atoms. The molecule has 1 nitrogen and oxygen atoms in total. The van der Waals surface area contributed by atoms with Gasteiger partial charge >= 0.3 is 0 Å². The van der Waals surface area contributed by atoms with E-state index < -0.39 is 0 Å². The van der Waals surface area contributed by atoms with Gasteiger partial charge in [0.2, 0.25) is 0 Å². The molecule has 0 radical (unpaired) electrons. The smallest absolute Gasteiger partial charge is 0.00723 e. The number of rotatable bonds is 3. The maximum atomic E-state index is 3.84. The summed E-state index contributed by atoms with van der Waals surface area (Å²) < 4.78 is 0. The van der Waals surface area contributed by atoms with E-state index in [0.717, 1.165) is 29.8 Å². The second-order valence-electron chi connectivity index (χ2n) is 5.92. The lowest BCUT2D eigenvalue weighted by Gasteiger charge is -2.35. The maximum Gasteiger partial charge on any atom is 0.00723 e. The molecule has 0 aromatic rings. The molecule has 3 aliphatic carbocycles. The third-order valence-electron chi connectivity index (χ3n) is 5.04. The van der Waals surface area contributed by atoms with Crippen molar-refractivity contribution in [2.45, 2.75) is 64.0 Å². The van der Waals surface area contributed by atoms with Gasteiger partial charge in [0.1, 0.15) is 0 Å². The summed E-state index contributed by atoms with van der Waals surface area (Å²) in [7, 11) is 0. The van der Waals surface area contributed by atoms with Gasteiger partial charge in [0.05, 0.1) is 0 Å². The molecule has 3 fully saturated rings. The Bertz CT molecular complexity index is 209. The maximum absolute atomic E-state index is 3.84. The van der Waals surface area contributed by atoms with Crippen molar-refractivity contribution in [3.8, 4) is 0 Å². The van der Waals surface area contributed by atoms with Crippen molar-refractivity contribution >= 4 is 0 Å². The minimum Gasteiger partial charge on any atom is -0.311 e. The van der Waals surface area contributed by atoms with Crippen LogP contribution >= 0.6 is 0 Å². The van der Waals surface area contributed by atoms with Crippen molar-refractivity contribution in [1.29, 1.82) is 0 Å². The van der Waals surface area contributed by atoms with Gasteiger partial charge in [-0.05, 0) is 56.8 Å². The molecule has 0 aromatic carbocycles. The predicted octanol–water partition coefficient (Wildman–Crippen LogP) is 2.95. The molecule has 0 amide bonds. The first kappa shape index (κ1) is 9.21. The van der Waals surface area contributed by atoms with Gasteiger partial charge in [0.25, 0.3) is 0 Å². The van der Waals surface area contributed by atoms with Crippen molar-refractivity contribution in [3.63, 3.8) is 0 Å². The van der Waals surface area contributed by atoms with Crippen LogP contribution in [0.25, 0.3) is 0 Å².